The maximum Gasteiger partial charge on any atom is 0.124 e. The van der Waals surface area contributed by atoms with Gasteiger partial charge in [0.1, 0.15) is 11.5 Å². The molecule has 11 nitrogen and oxygen atoms in total. The van der Waals surface area contributed by atoms with Gasteiger partial charge < -0.3 is 41.3 Å². The Morgan fingerprint density at radius 1 is 0.549 bits per heavy atom. The van der Waals surface area contributed by atoms with Crippen molar-refractivity contribution in [3.8, 4) is 11.5 Å². The van der Waals surface area contributed by atoms with E-state index in [9.17, 15) is 30.6 Å². The first-order valence-corrected chi connectivity index (χ1v) is 18.4. The molecule has 1 saturated heterocycles. The lowest BCUT2D eigenvalue weighted by molar-refractivity contribution is 0.169. The van der Waals surface area contributed by atoms with E-state index in [0.29, 0.717) is 26.2 Å². The van der Waals surface area contributed by atoms with E-state index >= 15 is 0 Å². The summed E-state index contributed by atoms with van der Waals surface area (Å²) in [6.07, 6.45) is 1.25. The van der Waals surface area contributed by atoms with Gasteiger partial charge in [-0.2, -0.15) is 0 Å². The van der Waals surface area contributed by atoms with E-state index in [0.717, 1.165) is 79.2 Å². The Hall–Kier alpha value is -3.10. The second-order valence-electron chi connectivity index (χ2n) is 13.8. The third kappa shape index (κ3) is 14.1. The molecule has 0 atom stereocenters. The number of nitrogens with one attached hydrogen (secondary N) is 2. The zero-order chi connectivity index (χ0) is 37.2. The molecule has 0 unspecified atom stereocenters. The first-order chi connectivity index (χ1) is 24.6. The number of nitrogens with zero attached hydrogens (tertiary/aromatic N) is 3. The molecule has 0 spiro atoms. The minimum Gasteiger partial charge on any atom is -0.507 e. The van der Waals surface area contributed by atoms with Crippen LogP contribution in [0.5, 0.6) is 11.5 Å². The zero-order valence-electron chi connectivity index (χ0n) is 31.2. The fraction of sp³-hybridized carbons (Fsp3) is 0.550. The van der Waals surface area contributed by atoms with Crippen LogP contribution in [-0.2, 0) is 32.7 Å². The molecule has 0 aromatic heterocycles. The predicted molar refractivity (Wildman–Crippen MR) is 204 cm³/mol. The Balaban J connectivity index is 0.00000226. The van der Waals surface area contributed by atoms with Crippen LogP contribution in [0.25, 0.3) is 0 Å². The fourth-order valence-electron chi connectivity index (χ4n) is 6.24. The van der Waals surface area contributed by atoms with Gasteiger partial charge in [-0.3, -0.25) is 14.7 Å². The molecule has 0 bridgehead atoms. The standard InChI is InChI=1S/C37H55N5O6.C3H8/c1-27-14-30(18-38-34(23-43)24-44)36(47)32(16-27)21-41-10-8-40(20-29-6-4-3-5-7-29)9-11-42(13-12-41)22-33-17-28(2)15-31(37(33)48)19-39-35(25-45)26-46;1-3-2/h3-7,14-17,34-35,38-39,43-48H,8-13,18-26H2,1-2H3;3H2,1-2H3. The van der Waals surface area contributed by atoms with E-state index < -0.39 is 12.1 Å². The normalized spacial score (nSPS) is 15.0. The van der Waals surface area contributed by atoms with Gasteiger partial charge in [0.15, 0.2) is 0 Å². The van der Waals surface area contributed by atoms with Crippen molar-refractivity contribution in [3.63, 3.8) is 0 Å². The number of aryl methyl sites for hydroxylation is 2. The SMILES string of the molecule is CCC.Cc1cc(CNC(CO)CO)c(O)c(CN2CCN(Cc3ccccc3)CCN(Cc3cc(C)cc(CNC(CO)CO)c3O)CC2)c1. The van der Waals surface area contributed by atoms with Crippen molar-refractivity contribution in [2.75, 3.05) is 65.7 Å². The van der Waals surface area contributed by atoms with Crippen molar-refractivity contribution >= 4 is 0 Å². The number of phenolic OH excluding ortho intramolecular Hbond substituents is 2. The van der Waals surface area contributed by atoms with Gasteiger partial charge in [0, 0.05) is 94.2 Å². The first kappa shape index (κ1) is 42.3. The number of aromatic hydroxyl groups is 2. The topological polar surface area (TPSA) is 155 Å². The molecule has 1 heterocycles. The molecular formula is C40H63N5O6. The molecule has 0 saturated carbocycles. The molecule has 1 aliphatic heterocycles. The lowest BCUT2D eigenvalue weighted by atomic mass is 10.0. The van der Waals surface area contributed by atoms with Crippen molar-refractivity contribution in [1.82, 2.24) is 25.3 Å². The van der Waals surface area contributed by atoms with Crippen LogP contribution in [0.3, 0.4) is 0 Å². The zero-order valence-corrected chi connectivity index (χ0v) is 31.2. The largest absolute Gasteiger partial charge is 0.507 e. The van der Waals surface area contributed by atoms with Crippen LogP contribution in [-0.4, -0.2) is 123 Å². The monoisotopic (exact) mass is 709 g/mol. The summed E-state index contributed by atoms with van der Waals surface area (Å²) in [5.74, 6) is 0.465. The summed E-state index contributed by atoms with van der Waals surface area (Å²) < 4.78 is 0. The van der Waals surface area contributed by atoms with Crippen molar-refractivity contribution in [1.29, 1.82) is 0 Å². The molecule has 11 heteroatoms. The van der Waals surface area contributed by atoms with E-state index in [1.54, 1.807) is 0 Å². The molecule has 0 amide bonds. The van der Waals surface area contributed by atoms with Crippen LogP contribution >= 0.6 is 0 Å². The number of hydrogen-bond donors (Lipinski definition) is 8. The van der Waals surface area contributed by atoms with Gasteiger partial charge in [0.25, 0.3) is 0 Å². The molecular weight excluding hydrogens is 646 g/mol. The van der Waals surface area contributed by atoms with Crippen LogP contribution in [0.4, 0.5) is 0 Å². The Morgan fingerprint density at radius 3 is 1.24 bits per heavy atom. The van der Waals surface area contributed by atoms with Gasteiger partial charge >= 0.3 is 0 Å². The summed E-state index contributed by atoms with van der Waals surface area (Å²) in [5.41, 5.74) is 6.47. The Kier molecular flexibility index (Phi) is 18.9. The molecule has 0 radical (unpaired) electrons. The Morgan fingerprint density at radius 2 is 0.882 bits per heavy atom. The summed E-state index contributed by atoms with van der Waals surface area (Å²) >= 11 is 0. The number of benzene rings is 3. The highest BCUT2D eigenvalue weighted by Gasteiger charge is 2.21. The lowest BCUT2D eigenvalue weighted by Gasteiger charge is -2.27. The molecule has 1 aliphatic rings. The number of phenols is 2. The highest BCUT2D eigenvalue weighted by atomic mass is 16.3. The molecule has 284 valence electrons. The molecule has 4 rings (SSSR count). The van der Waals surface area contributed by atoms with Gasteiger partial charge in [0.2, 0.25) is 0 Å². The van der Waals surface area contributed by atoms with Gasteiger partial charge in [-0.15, -0.1) is 0 Å². The van der Waals surface area contributed by atoms with E-state index in [1.165, 1.54) is 12.0 Å². The van der Waals surface area contributed by atoms with Crippen LogP contribution in [0.15, 0.2) is 54.6 Å². The van der Waals surface area contributed by atoms with Crippen LogP contribution < -0.4 is 10.6 Å². The quantitative estimate of drug-likeness (QED) is 0.111. The fourth-order valence-corrected chi connectivity index (χ4v) is 6.24. The number of hydrogen-bond acceptors (Lipinski definition) is 11. The summed E-state index contributed by atoms with van der Waals surface area (Å²) in [6.45, 7) is 15.1. The van der Waals surface area contributed by atoms with Crippen LogP contribution in [0.2, 0.25) is 0 Å². The van der Waals surface area contributed by atoms with Crippen LogP contribution in [0, 0.1) is 13.8 Å². The summed E-state index contributed by atoms with van der Waals surface area (Å²) in [6, 6.07) is 17.5. The minimum absolute atomic E-state index is 0.188. The van der Waals surface area contributed by atoms with Crippen molar-refractivity contribution in [2.24, 2.45) is 0 Å². The Labute approximate surface area is 305 Å². The van der Waals surface area contributed by atoms with Gasteiger partial charge in [0.05, 0.1) is 38.5 Å². The lowest BCUT2D eigenvalue weighted by Crippen LogP contribution is -2.36. The minimum atomic E-state index is -0.453. The van der Waals surface area contributed by atoms with Crippen molar-refractivity contribution in [2.45, 2.75) is 78.9 Å². The molecule has 3 aromatic carbocycles. The highest BCUT2D eigenvalue weighted by molar-refractivity contribution is 5.44. The van der Waals surface area contributed by atoms with E-state index in [-0.39, 0.29) is 37.9 Å². The van der Waals surface area contributed by atoms with Gasteiger partial charge in [-0.1, -0.05) is 86.0 Å². The maximum absolute atomic E-state index is 11.3. The number of rotatable bonds is 16. The summed E-state index contributed by atoms with van der Waals surface area (Å²) in [7, 11) is 0. The molecule has 0 aliphatic carbocycles. The van der Waals surface area contributed by atoms with Crippen molar-refractivity contribution in [3.05, 3.63) is 93.5 Å². The third-order valence-electron chi connectivity index (χ3n) is 9.10. The van der Waals surface area contributed by atoms with Gasteiger partial charge in [-0.25, -0.2) is 0 Å². The number of aliphatic hydroxyl groups is 4. The molecule has 1 fully saturated rings. The Bertz CT molecular complexity index is 1330. The predicted octanol–water partition coefficient (Wildman–Crippen LogP) is 2.84. The first-order valence-electron chi connectivity index (χ1n) is 18.4. The average molecular weight is 710 g/mol. The van der Waals surface area contributed by atoms with E-state index in [2.05, 4.69) is 63.4 Å². The summed E-state index contributed by atoms with van der Waals surface area (Å²) in [5, 5.41) is 66.7. The van der Waals surface area contributed by atoms with Crippen molar-refractivity contribution < 1.29 is 30.6 Å². The van der Waals surface area contributed by atoms with Gasteiger partial charge in [-0.05, 0) is 19.4 Å². The third-order valence-corrected chi connectivity index (χ3v) is 9.10. The molecule has 3 aromatic rings. The second kappa shape index (κ2) is 22.8. The van der Waals surface area contributed by atoms with E-state index in [1.807, 2.05) is 44.2 Å². The molecule has 51 heavy (non-hydrogen) atoms. The second-order valence-corrected chi connectivity index (χ2v) is 13.8. The maximum atomic E-state index is 11.3. The smallest absolute Gasteiger partial charge is 0.124 e. The van der Waals surface area contributed by atoms with E-state index in [4.69, 9.17) is 0 Å². The molecule has 8 N–H and O–H groups in total. The number of aliphatic hydroxyl groups excluding tert-OH is 4. The summed E-state index contributed by atoms with van der Waals surface area (Å²) in [4.78, 5) is 7.22. The average Bonchev–Trinajstić information content (AvgIpc) is 3.21. The highest BCUT2D eigenvalue weighted by Crippen LogP contribution is 2.28. The van der Waals surface area contributed by atoms with Crippen LogP contribution in [0.1, 0.15) is 59.2 Å².